The highest BCUT2D eigenvalue weighted by Crippen LogP contribution is 2.13. The van der Waals surface area contributed by atoms with Crippen molar-refractivity contribution in [2.24, 2.45) is 0 Å². The van der Waals surface area contributed by atoms with Gasteiger partial charge in [-0.3, -0.25) is 4.90 Å². The molecule has 0 unspecified atom stereocenters. The molecule has 1 aliphatic rings. The number of hydrogen-bond donors (Lipinski definition) is 2. The largest absolute Gasteiger partial charge is 0.478 e. The fraction of sp³-hybridized carbons (Fsp3) is 0.500. The Labute approximate surface area is 108 Å². The first-order valence-corrected chi connectivity index (χ1v) is 6.47. The molecule has 18 heavy (non-hydrogen) atoms. The van der Waals surface area contributed by atoms with Gasteiger partial charge in [-0.05, 0) is 18.1 Å². The minimum atomic E-state index is -0.840. The van der Waals surface area contributed by atoms with E-state index in [1.165, 1.54) is 0 Å². The predicted molar refractivity (Wildman–Crippen MR) is 70.8 cm³/mol. The van der Waals surface area contributed by atoms with E-state index in [9.17, 15) is 4.79 Å². The molecule has 0 radical (unpaired) electrons. The zero-order valence-corrected chi connectivity index (χ0v) is 10.7. The van der Waals surface area contributed by atoms with Gasteiger partial charge >= 0.3 is 5.97 Å². The van der Waals surface area contributed by atoms with Gasteiger partial charge in [0, 0.05) is 32.2 Å². The van der Waals surface area contributed by atoms with E-state index in [4.69, 9.17) is 5.11 Å². The fourth-order valence-electron chi connectivity index (χ4n) is 2.42. The van der Waals surface area contributed by atoms with Crippen LogP contribution in [0, 0.1) is 0 Å². The van der Waals surface area contributed by atoms with Crippen molar-refractivity contribution in [2.75, 3.05) is 19.6 Å². The maximum Gasteiger partial charge on any atom is 0.336 e. The van der Waals surface area contributed by atoms with Gasteiger partial charge in [0.25, 0.3) is 0 Å². The topological polar surface area (TPSA) is 52.6 Å². The molecular weight excluding hydrogens is 228 g/mol. The minimum Gasteiger partial charge on any atom is -0.478 e. The third kappa shape index (κ3) is 3.09. The van der Waals surface area contributed by atoms with E-state index < -0.39 is 5.97 Å². The Hall–Kier alpha value is -1.39. The van der Waals surface area contributed by atoms with Crippen molar-refractivity contribution in [3.8, 4) is 0 Å². The summed E-state index contributed by atoms with van der Waals surface area (Å²) >= 11 is 0. The quantitative estimate of drug-likeness (QED) is 0.849. The van der Waals surface area contributed by atoms with Crippen LogP contribution in [0.25, 0.3) is 0 Å². The second-order valence-electron chi connectivity index (χ2n) is 4.76. The smallest absolute Gasteiger partial charge is 0.336 e. The average Bonchev–Trinajstić information content (AvgIpc) is 2.39. The van der Waals surface area contributed by atoms with E-state index in [-0.39, 0.29) is 0 Å². The van der Waals surface area contributed by atoms with Gasteiger partial charge in [-0.1, -0.05) is 25.1 Å². The van der Waals surface area contributed by atoms with Gasteiger partial charge in [-0.2, -0.15) is 0 Å². The number of nitrogens with zero attached hydrogens (tertiary/aromatic N) is 1. The predicted octanol–water partition coefficient (Wildman–Crippen LogP) is 1.57. The van der Waals surface area contributed by atoms with Gasteiger partial charge in [-0.25, -0.2) is 4.79 Å². The Balaban J connectivity index is 2.07. The molecule has 98 valence electrons. The number of piperazine rings is 1. The number of hydrogen-bond acceptors (Lipinski definition) is 3. The average molecular weight is 248 g/mol. The first-order chi connectivity index (χ1) is 8.70. The van der Waals surface area contributed by atoms with Gasteiger partial charge in [0.15, 0.2) is 0 Å². The normalized spacial score (nSPS) is 20.8. The molecule has 4 heteroatoms. The highest BCUT2D eigenvalue weighted by molar-refractivity contribution is 5.89. The number of benzene rings is 1. The van der Waals surface area contributed by atoms with E-state index in [2.05, 4.69) is 17.1 Å². The van der Waals surface area contributed by atoms with Crippen LogP contribution in [0.3, 0.4) is 0 Å². The first-order valence-electron chi connectivity index (χ1n) is 6.47. The third-order valence-electron chi connectivity index (χ3n) is 3.47. The molecule has 0 aliphatic carbocycles. The van der Waals surface area contributed by atoms with Gasteiger partial charge < -0.3 is 10.4 Å². The van der Waals surface area contributed by atoms with Crippen molar-refractivity contribution in [1.29, 1.82) is 0 Å². The second-order valence-corrected chi connectivity index (χ2v) is 4.76. The first kappa shape index (κ1) is 13.1. The molecule has 1 heterocycles. The molecule has 0 bridgehead atoms. The molecule has 0 amide bonds. The Bertz CT molecular complexity index is 420. The molecular formula is C14H20N2O2. The van der Waals surface area contributed by atoms with Crippen LogP contribution < -0.4 is 5.32 Å². The molecule has 0 spiro atoms. The van der Waals surface area contributed by atoms with E-state index in [0.717, 1.165) is 38.2 Å². The van der Waals surface area contributed by atoms with Crippen LogP contribution in [0.2, 0.25) is 0 Å². The Morgan fingerprint density at radius 2 is 2.28 bits per heavy atom. The molecule has 2 rings (SSSR count). The van der Waals surface area contributed by atoms with Crippen molar-refractivity contribution < 1.29 is 9.90 Å². The van der Waals surface area contributed by atoms with Crippen LogP contribution in [0.4, 0.5) is 0 Å². The van der Waals surface area contributed by atoms with Crippen molar-refractivity contribution in [3.05, 3.63) is 35.4 Å². The summed E-state index contributed by atoms with van der Waals surface area (Å²) in [4.78, 5) is 13.5. The number of carbonyl (C=O) groups is 1. The fourth-order valence-corrected chi connectivity index (χ4v) is 2.42. The molecule has 1 atom stereocenters. The van der Waals surface area contributed by atoms with Gasteiger partial charge in [0.05, 0.1) is 5.56 Å². The van der Waals surface area contributed by atoms with Gasteiger partial charge in [-0.15, -0.1) is 0 Å². The maximum absolute atomic E-state index is 11.2. The maximum atomic E-state index is 11.2. The van der Waals surface area contributed by atoms with Crippen LogP contribution in [-0.2, 0) is 6.54 Å². The second kappa shape index (κ2) is 5.98. The number of nitrogens with one attached hydrogen (secondary N) is 1. The van der Waals surface area contributed by atoms with Gasteiger partial charge in [0.2, 0.25) is 0 Å². The zero-order chi connectivity index (χ0) is 13.0. The molecule has 1 saturated heterocycles. The highest BCUT2D eigenvalue weighted by Gasteiger charge is 2.19. The lowest BCUT2D eigenvalue weighted by Gasteiger charge is -2.33. The summed E-state index contributed by atoms with van der Waals surface area (Å²) in [6.07, 6.45) is 1.11. The van der Waals surface area contributed by atoms with Crippen LogP contribution in [0.5, 0.6) is 0 Å². The Kier molecular flexibility index (Phi) is 4.33. The van der Waals surface area contributed by atoms with Crippen molar-refractivity contribution >= 4 is 5.97 Å². The summed E-state index contributed by atoms with van der Waals surface area (Å²) < 4.78 is 0. The van der Waals surface area contributed by atoms with Crippen LogP contribution in [0.15, 0.2) is 24.3 Å². The van der Waals surface area contributed by atoms with Crippen LogP contribution in [-0.4, -0.2) is 41.7 Å². The van der Waals surface area contributed by atoms with E-state index in [1.807, 2.05) is 12.1 Å². The summed E-state index contributed by atoms with van der Waals surface area (Å²) in [7, 11) is 0. The lowest BCUT2D eigenvalue weighted by Crippen LogP contribution is -2.49. The van der Waals surface area contributed by atoms with E-state index in [1.54, 1.807) is 12.1 Å². The number of rotatable bonds is 4. The molecule has 1 aliphatic heterocycles. The molecule has 2 N–H and O–H groups in total. The monoisotopic (exact) mass is 248 g/mol. The van der Waals surface area contributed by atoms with E-state index >= 15 is 0 Å². The number of carboxylic acids is 1. The van der Waals surface area contributed by atoms with Gasteiger partial charge in [0.1, 0.15) is 0 Å². The molecule has 1 aromatic rings. The van der Waals surface area contributed by atoms with Crippen molar-refractivity contribution in [1.82, 2.24) is 10.2 Å². The van der Waals surface area contributed by atoms with Crippen LogP contribution in [0.1, 0.15) is 29.3 Å². The molecule has 1 aromatic carbocycles. The summed E-state index contributed by atoms with van der Waals surface area (Å²) in [6, 6.07) is 7.79. The summed E-state index contributed by atoms with van der Waals surface area (Å²) in [6.45, 7) is 5.84. The molecule has 4 nitrogen and oxygen atoms in total. The highest BCUT2D eigenvalue weighted by atomic mass is 16.4. The van der Waals surface area contributed by atoms with E-state index in [0.29, 0.717) is 11.6 Å². The zero-order valence-electron chi connectivity index (χ0n) is 10.7. The summed E-state index contributed by atoms with van der Waals surface area (Å²) in [5.74, 6) is -0.840. The Morgan fingerprint density at radius 1 is 1.50 bits per heavy atom. The number of carboxylic acid groups (broad SMARTS) is 1. The lowest BCUT2D eigenvalue weighted by atomic mass is 10.1. The lowest BCUT2D eigenvalue weighted by molar-refractivity contribution is 0.0694. The molecule has 0 aromatic heterocycles. The number of aromatic carboxylic acids is 1. The van der Waals surface area contributed by atoms with Crippen molar-refractivity contribution in [3.63, 3.8) is 0 Å². The summed E-state index contributed by atoms with van der Waals surface area (Å²) in [5, 5.41) is 12.6. The summed E-state index contributed by atoms with van der Waals surface area (Å²) in [5.41, 5.74) is 1.32. The standard InChI is InChI=1S/C14H20N2O2/c1-2-12-10-16(8-7-15-12)9-11-5-3-4-6-13(11)14(17)18/h3-6,12,15H,2,7-10H2,1H3,(H,17,18)/t12-/m0/s1. The molecule has 0 saturated carbocycles. The van der Waals surface area contributed by atoms with Crippen LogP contribution >= 0.6 is 0 Å². The minimum absolute atomic E-state index is 0.420. The third-order valence-corrected chi connectivity index (χ3v) is 3.47. The van der Waals surface area contributed by atoms with Crippen molar-refractivity contribution in [2.45, 2.75) is 25.9 Å². The molecule has 1 fully saturated rings. The Morgan fingerprint density at radius 3 is 3.00 bits per heavy atom. The SMILES string of the molecule is CC[C@H]1CN(Cc2ccccc2C(=O)O)CCN1.